The number of nitrogen functional groups attached to an aromatic ring is 1. The van der Waals surface area contributed by atoms with E-state index in [2.05, 4.69) is 15.4 Å². The standard InChI is InChI=1S/C11H16N4OS/c12-15-10-7-2-1-3-8(7)13-11(14-10)9-6-17-5-4-16-9/h9H,1-6,12H2,(H,13,14,15). The molecule has 17 heavy (non-hydrogen) atoms. The first-order valence-electron chi connectivity index (χ1n) is 5.94. The number of ether oxygens (including phenoxy) is 1. The lowest BCUT2D eigenvalue weighted by Gasteiger charge is -2.22. The van der Waals surface area contributed by atoms with Crippen molar-refractivity contribution in [1.29, 1.82) is 0 Å². The molecule has 6 heteroatoms. The van der Waals surface area contributed by atoms with Gasteiger partial charge in [-0.2, -0.15) is 11.8 Å². The highest BCUT2D eigenvalue weighted by atomic mass is 32.2. The van der Waals surface area contributed by atoms with Crippen LogP contribution in [0.2, 0.25) is 0 Å². The van der Waals surface area contributed by atoms with Gasteiger partial charge in [-0.3, -0.25) is 0 Å². The minimum atomic E-state index is 0.0201. The number of fused-ring (bicyclic) bond motifs is 1. The molecule has 1 saturated heterocycles. The molecule has 2 aliphatic rings. The Bertz CT molecular complexity index is 420. The molecule has 1 aromatic heterocycles. The first-order valence-corrected chi connectivity index (χ1v) is 7.09. The largest absolute Gasteiger partial charge is 0.368 e. The maximum Gasteiger partial charge on any atom is 0.160 e. The molecule has 1 atom stereocenters. The van der Waals surface area contributed by atoms with Gasteiger partial charge in [0.05, 0.1) is 6.61 Å². The van der Waals surface area contributed by atoms with E-state index in [0.717, 1.165) is 54.7 Å². The van der Waals surface area contributed by atoms with Gasteiger partial charge in [-0.05, 0) is 19.3 Å². The average molecular weight is 252 g/mol. The number of hydrogen-bond acceptors (Lipinski definition) is 6. The Kier molecular flexibility index (Phi) is 3.17. The van der Waals surface area contributed by atoms with Crippen molar-refractivity contribution < 1.29 is 4.74 Å². The zero-order valence-electron chi connectivity index (χ0n) is 9.61. The van der Waals surface area contributed by atoms with E-state index in [1.54, 1.807) is 0 Å². The zero-order valence-corrected chi connectivity index (χ0v) is 10.4. The van der Waals surface area contributed by atoms with Crippen LogP contribution in [0, 0.1) is 0 Å². The number of nitrogens with zero attached hydrogens (tertiary/aromatic N) is 2. The normalized spacial score (nSPS) is 23.5. The smallest absolute Gasteiger partial charge is 0.160 e. The van der Waals surface area contributed by atoms with Gasteiger partial charge in [0.2, 0.25) is 0 Å². The fraction of sp³-hybridized carbons (Fsp3) is 0.636. The number of hydrazine groups is 1. The van der Waals surface area contributed by atoms with Gasteiger partial charge in [0.25, 0.3) is 0 Å². The maximum absolute atomic E-state index is 5.71. The van der Waals surface area contributed by atoms with Crippen molar-refractivity contribution in [2.75, 3.05) is 23.5 Å². The van der Waals surface area contributed by atoms with Gasteiger partial charge >= 0.3 is 0 Å². The van der Waals surface area contributed by atoms with Gasteiger partial charge in [0, 0.05) is 22.8 Å². The quantitative estimate of drug-likeness (QED) is 0.605. The van der Waals surface area contributed by atoms with Crippen molar-refractivity contribution in [2.45, 2.75) is 25.4 Å². The van der Waals surface area contributed by atoms with Crippen LogP contribution in [-0.2, 0) is 17.6 Å². The molecule has 0 saturated carbocycles. The van der Waals surface area contributed by atoms with Crippen LogP contribution in [0.4, 0.5) is 5.82 Å². The van der Waals surface area contributed by atoms with Crippen LogP contribution < -0.4 is 11.3 Å². The molecule has 1 fully saturated rings. The number of aryl methyl sites for hydroxylation is 1. The minimum absolute atomic E-state index is 0.0201. The number of rotatable bonds is 2. The Morgan fingerprint density at radius 1 is 1.35 bits per heavy atom. The summed E-state index contributed by atoms with van der Waals surface area (Å²) in [6, 6.07) is 0. The third kappa shape index (κ3) is 2.12. The van der Waals surface area contributed by atoms with Crippen molar-refractivity contribution in [1.82, 2.24) is 9.97 Å². The van der Waals surface area contributed by atoms with E-state index in [4.69, 9.17) is 10.6 Å². The number of hydrogen-bond donors (Lipinski definition) is 2. The fourth-order valence-corrected chi connectivity index (χ4v) is 3.19. The summed E-state index contributed by atoms with van der Waals surface area (Å²) in [4.78, 5) is 9.14. The van der Waals surface area contributed by atoms with Gasteiger partial charge in [-0.25, -0.2) is 15.8 Å². The molecule has 0 spiro atoms. The van der Waals surface area contributed by atoms with Gasteiger partial charge < -0.3 is 10.2 Å². The van der Waals surface area contributed by atoms with Gasteiger partial charge in [-0.1, -0.05) is 0 Å². The minimum Gasteiger partial charge on any atom is -0.368 e. The molecule has 0 radical (unpaired) electrons. The van der Waals surface area contributed by atoms with Crippen LogP contribution >= 0.6 is 11.8 Å². The van der Waals surface area contributed by atoms with Gasteiger partial charge in [0.1, 0.15) is 11.9 Å². The summed E-state index contributed by atoms with van der Waals surface area (Å²) in [5.74, 6) is 9.09. The van der Waals surface area contributed by atoms with Crippen molar-refractivity contribution in [3.05, 3.63) is 17.1 Å². The molecular weight excluding hydrogens is 236 g/mol. The Morgan fingerprint density at radius 2 is 2.29 bits per heavy atom. The summed E-state index contributed by atoms with van der Waals surface area (Å²) in [6.07, 6.45) is 3.21. The highest BCUT2D eigenvalue weighted by Crippen LogP contribution is 2.30. The molecule has 3 N–H and O–H groups in total. The predicted molar refractivity (Wildman–Crippen MR) is 67.9 cm³/mol. The van der Waals surface area contributed by atoms with E-state index in [1.807, 2.05) is 11.8 Å². The lowest BCUT2D eigenvalue weighted by atomic mass is 10.2. The third-order valence-electron chi connectivity index (χ3n) is 3.19. The maximum atomic E-state index is 5.71. The van der Waals surface area contributed by atoms with E-state index in [-0.39, 0.29) is 6.10 Å². The highest BCUT2D eigenvalue weighted by molar-refractivity contribution is 7.99. The van der Waals surface area contributed by atoms with Crippen molar-refractivity contribution >= 4 is 17.6 Å². The monoisotopic (exact) mass is 252 g/mol. The SMILES string of the molecule is NNc1nc(C2CSCCO2)nc2c1CCC2. The van der Waals surface area contributed by atoms with Crippen LogP contribution in [0.25, 0.3) is 0 Å². The predicted octanol–water partition coefficient (Wildman–Crippen LogP) is 1.06. The number of anilines is 1. The molecule has 92 valence electrons. The van der Waals surface area contributed by atoms with E-state index in [9.17, 15) is 0 Å². The molecule has 1 aromatic rings. The molecule has 0 amide bonds. The summed E-state index contributed by atoms with van der Waals surface area (Å²) < 4.78 is 5.71. The number of aromatic nitrogens is 2. The Morgan fingerprint density at radius 3 is 3.06 bits per heavy atom. The molecule has 2 heterocycles. The van der Waals surface area contributed by atoms with Crippen molar-refractivity contribution in [3.63, 3.8) is 0 Å². The van der Waals surface area contributed by atoms with Crippen molar-refractivity contribution in [2.24, 2.45) is 5.84 Å². The number of thioether (sulfide) groups is 1. The van der Waals surface area contributed by atoms with Gasteiger partial charge in [0.15, 0.2) is 5.82 Å². The second kappa shape index (κ2) is 4.80. The Balaban J connectivity index is 1.94. The van der Waals surface area contributed by atoms with E-state index in [0.29, 0.717) is 0 Å². The van der Waals surface area contributed by atoms with Crippen molar-refractivity contribution in [3.8, 4) is 0 Å². The molecule has 5 nitrogen and oxygen atoms in total. The Hall–Kier alpha value is -0.850. The molecule has 3 rings (SSSR count). The lowest BCUT2D eigenvalue weighted by Crippen LogP contribution is -2.21. The summed E-state index contributed by atoms with van der Waals surface area (Å²) in [6.45, 7) is 0.779. The van der Waals surface area contributed by atoms with Crippen LogP contribution in [0.5, 0.6) is 0 Å². The third-order valence-corrected chi connectivity index (χ3v) is 4.18. The number of nitrogens with one attached hydrogen (secondary N) is 1. The Labute approximate surface area is 105 Å². The fourth-order valence-electron chi connectivity index (χ4n) is 2.35. The topological polar surface area (TPSA) is 73.1 Å². The molecule has 0 aromatic carbocycles. The first-order chi connectivity index (χ1) is 8.38. The zero-order chi connectivity index (χ0) is 11.7. The highest BCUT2D eigenvalue weighted by Gasteiger charge is 2.24. The second-order valence-corrected chi connectivity index (χ2v) is 5.44. The summed E-state index contributed by atoms with van der Waals surface area (Å²) in [5, 5.41) is 0. The van der Waals surface area contributed by atoms with E-state index < -0.39 is 0 Å². The van der Waals surface area contributed by atoms with Gasteiger partial charge in [-0.15, -0.1) is 0 Å². The summed E-state index contributed by atoms with van der Waals surface area (Å²) in [7, 11) is 0. The van der Waals surface area contributed by atoms with Crippen LogP contribution in [0.3, 0.4) is 0 Å². The van der Waals surface area contributed by atoms with E-state index in [1.165, 1.54) is 5.56 Å². The first kappa shape index (κ1) is 11.3. The molecule has 0 bridgehead atoms. The van der Waals surface area contributed by atoms with E-state index >= 15 is 0 Å². The lowest BCUT2D eigenvalue weighted by molar-refractivity contribution is 0.0694. The summed E-state index contributed by atoms with van der Waals surface area (Å²) >= 11 is 1.89. The van der Waals surface area contributed by atoms with Crippen LogP contribution in [0.1, 0.15) is 29.6 Å². The molecule has 1 unspecified atom stereocenters. The average Bonchev–Trinajstić information content (AvgIpc) is 2.86. The summed E-state index contributed by atoms with van der Waals surface area (Å²) in [5.41, 5.74) is 5.01. The molecule has 1 aliphatic heterocycles. The van der Waals surface area contributed by atoms with Crippen LogP contribution in [0.15, 0.2) is 0 Å². The molecular formula is C11H16N4OS. The second-order valence-electron chi connectivity index (χ2n) is 4.29. The molecule has 1 aliphatic carbocycles. The number of nitrogens with two attached hydrogens (primary N) is 1. The van der Waals surface area contributed by atoms with Crippen LogP contribution in [-0.4, -0.2) is 28.1 Å².